The fourth-order valence-corrected chi connectivity index (χ4v) is 2.82. The SMILES string of the molecule is CC1CCC(C(C)C)C(C(=O)OCCCO)C1. The van der Waals surface area contributed by atoms with E-state index in [1.54, 1.807) is 0 Å². The van der Waals surface area contributed by atoms with Gasteiger partial charge in [-0.05, 0) is 30.6 Å². The van der Waals surface area contributed by atoms with Crippen LogP contribution in [0.5, 0.6) is 0 Å². The summed E-state index contributed by atoms with van der Waals surface area (Å²) in [6, 6.07) is 0. The van der Waals surface area contributed by atoms with Crippen LogP contribution in [-0.4, -0.2) is 24.3 Å². The highest BCUT2D eigenvalue weighted by atomic mass is 16.5. The zero-order valence-corrected chi connectivity index (χ0v) is 11.3. The molecule has 3 nitrogen and oxygen atoms in total. The zero-order chi connectivity index (χ0) is 12.8. The lowest BCUT2D eigenvalue weighted by molar-refractivity contribution is -0.153. The van der Waals surface area contributed by atoms with E-state index in [1.807, 2.05) is 0 Å². The Kier molecular flexibility index (Phi) is 5.96. The molecular weight excluding hydrogens is 216 g/mol. The van der Waals surface area contributed by atoms with Gasteiger partial charge in [0.15, 0.2) is 0 Å². The molecule has 0 heterocycles. The maximum absolute atomic E-state index is 12.0. The Balaban J connectivity index is 2.53. The first-order valence-electron chi connectivity index (χ1n) is 6.83. The van der Waals surface area contributed by atoms with Crippen LogP contribution in [0, 0.1) is 23.7 Å². The zero-order valence-electron chi connectivity index (χ0n) is 11.3. The van der Waals surface area contributed by atoms with Crippen molar-refractivity contribution in [2.45, 2.75) is 46.5 Å². The first-order valence-corrected chi connectivity index (χ1v) is 6.83. The maximum atomic E-state index is 12.0. The summed E-state index contributed by atoms with van der Waals surface area (Å²) >= 11 is 0. The largest absolute Gasteiger partial charge is 0.465 e. The van der Waals surface area contributed by atoms with Gasteiger partial charge in [0.05, 0.1) is 12.5 Å². The van der Waals surface area contributed by atoms with Crippen molar-refractivity contribution in [3.63, 3.8) is 0 Å². The van der Waals surface area contributed by atoms with Gasteiger partial charge in [0.25, 0.3) is 0 Å². The normalized spacial score (nSPS) is 29.4. The molecule has 17 heavy (non-hydrogen) atoms. The summed E-state index contributed by atoms with van der Waals surface area (Å²) in [7, 11) is 0. The van der Waals surface area contributed by atoms with Crippen LogP contribution in [0.4, 0.5) is 0 Å². The predicted octanol–water partition coefficient (Wildman–Crippen LogP) is 2.62. The summed E-state index contributed by atoms with van der Waals surface area (Å²) in [5.41, 5.74) is 0. The van der Waals surface area contributed by atoms with Crippen molar-refractivity contribution in [3.05, 3.63) is 0 Å². The van der Waals surface area contributed by atoms with Crippen molar-refractivity contribution in [1.82, 2.24) is 0 Å². The summed E-state index contributed by atoms with van der Waals surface area (Å²) in [4.78, 5) is 12.0. The summed E-state index contributed by atoms with van der Waals surface area (Å²) in [6.45, 7) is 7.03. The van der Waals surface area contributed by atoms with Gasteiger partial charge in [0, 0.05) is 13.0 Å². The fraction of sp³-hybridized carbons (Fsp3) is 0.929. The molecular formula is C14H26O3. The van der Waals surface area contributed by atoms with Crippen LogP contribution in [0.3, 0.4) is 0 Å². The summed E-state index contributed by atoms with van der Waals surface area (Å²) in [5.74, 6) is 1.65. The summed E-state index contributed by atoms with van der Waals surface area (Å²) < 4.78 is 5.25. The molecule has 0 aliphatic heterocycles. The number of esters is 1. The second kappa shape index (κ2) is 7.00. The minimum Gasteiger partial charge on any atom is -0.465 e. The molecule has 0 amide bonds. The van der Waals surface area contributed by atoms with Crippen LogP contribution in [0.2, 0.25) is 0 Å². The Morgan fingerprint density at radius 3 is 2.71 bits per heavy atom. The molecule has 0 aromatic carbocycles. The number of hydrogen-bond acceptors (Lipinski definition) is 3. The van der Waals surface area contributed by atoms with Gasteiger partial charge in [-0.1, -0.05) is 27.2 Å². The number of aliphatic hydroxyl groups excluding tert-OH is 1. The first-order chi connectivity index (χ1) is 8.06. The average molecular weight is 242 g/mol. The highest BCUT2D eigenvalue weighted by molar-refractivity contribution is 5.73. The lowest BCUT2D eigenvalue weighted by Crippen LogP contribution is -2.34. The minimum absolute atomic E-state index is 0.0521. The molecule has 0 bridgehead atoms. The number of hydrogen-bond donors (Lipinski definition) is 1. The van der Waals surface area contributed by atoms with E-state index >= 15 is 0 Å². The quantitative estimate of drug-likeness (QED) is 0.595. The van der Waals surface area contributed by atoms with E-state index in [1.165, 1.54) is 6.42 Å². The Morgan fingerprint density at radius 2 is 2.12 bits per heavy atom. The smallest absolute Gasteiger partial charge is 0.309 e. The number of aliphatic hydroxyl groups is 1. The van der Waals surface area contributed by atoms with Gasteiger partial charge in [-0.3, -0.25) is 4.79 Å². The van der Waals surface area contributed by atoms with E-state index in [4.69, 9.17) is 9.84 Å². The second-order valence-electron chi connectivity index (χ2n) is 5.68. The Labute approximate surface area is 105 Å². The summed E-state index contributed by atoms with van der Waals surface area (Å²) in [6.07, 6.45) is 3.86. The standard InChI is InChI=1S/C14H26O3/c1-10(2)12-6-5-11(3)9-13(12)14(16)17-8-4-7-15/h10-13,15H,4-9H2,1-3H3. The van der Waals surface area contributed by atoms with E-state index < -0.39 is 0 Å². The highest BCUT2D eigenvalue weighted by Crippen LogP contribution is 2.38. The molecule has 1 fully saturated rings. The van der Waals surface area contributed by atoms with Gasteiger partial charge >= 0.3 is 5.97 Å². The number of carbonyl (C=O) groups excluding carboxylic acids is 1. The number of rotatable bonds is 5. The van der Waals surface area contributed by atoms with Crippen LogP contribution >= 0.6 is 0 Å². The van der Waals surface area contributed by atoms with Crippen molar-refractivity contribution in [3.8, 4) is 0 Å². The number of carbonyl (C=O) groups is 1. The molecule has 3 atom stereocenters. The molecule has 1 aliphatic rings. The van der Waals surface area contributed by atoms with Crippen LogP contribution in [-0.2, 0) is 9.53 Å². The van der Waals surface area contributed by atoms with E-state index in [-0.39, 0.29) is 18.5 Å². The summed E-state index contributed by atoms with van der Waals surface area (Å²) in [5, 5.41) is 8.68. The van der Waals surface area contributed by atoms with E-state index in [2.05, 4.69) is 20.8 Å². The molecule has 1 saturated carbocycles. The van der Waals surface area contributed by atoms with Crippen LogP contribution in [0.25, 0.3) is 0 Å². The minimum atomic E-state index is -0.0521. The van der Waals surface area contributed by atoms with Gasteiger partial charge in [0.2, 0.25) is 0 Å². The van der Waals surface area contributed by atoms with Crippen LogP contribution in [0.1, 0.15) is 46.5 Å². The topological polar surface area (TPSA) is 46.5 Å². The maximum Gasteiger partial charge on any atom is 0.309 e. The molecule has 0 spiro atoms. The van der Waals surface area contributed by atoms with Gasteiger partial charge in [-0.25, -0.2) is 0 Å². The van der Waals surface area contributed by atoms with Crippen molar-refractivity contribution in [2.75, 3.05) is 13.2 Å². The third-order valence-corrected chi connectivity index (χ3v) is 3.87. The Bertz CT molecular complexity index is 238. The molecule has 3 unspecified atom stereocenters. The molecule has 100 valence electrons. The molecule has 0 aromatic heterocycles. The second-order valence-corrected chi connectivity index (χ2v) is 5.68. The molecule has 0 radical (unpaired) electrons. The lowest BCUT2D eigenvalue weighted by Gasteiger charge is -2.35. The molecule has 0 aromatic rings. The van der Waals surface area contributed by atoms with Crippen molar-refractivity contribution >= 4 is 5.97 Å². The highest BCUT2D eigenvalue weighted by Gasteiger charge is 2.36. The van der Waals surface area contributed by atoms with Gasteiger partial charge in [0.1, 0.15) is 0 Å². The van der Waals surface area contributed by atoms with Crippen LogP contribution in [0.15, 0.2) is 0 Å². The first kappa shape index (κ1) is 14.5. The number of ether oxygens (including phenoxy) is 1. The van der Waals surface area contributed by atoms with Crippen molar-refractivity contribution in [2.24, 2.45) is 23.7 Å². The Morgan fingerprint density at radius 1 is 1.41 bits per heavy atom. The van der Waals surface area contributed by atoms with Crippen molar-refractivity contribution < 1.29 is 14.6 Å². The van der Waals surface area contributed by atoms with Gasteiger partial charge < -0.3 is 9.84 Å². The van der Waals surface area contributed by atoms with E-state index in [0.717, 1.165) is 12.8 Å². The van der Waals surface area contributed by atoms with E-state index in [9.17, 15) is 4.79 Å². The lowest BCUT2D eigenvalue weighted by atomic mass is 9.70. The monoisotopic (exact) mass is 242 g/mol. The molecule has 1 aliphatic carbocycles. The molecule has 1 rings (SSSR count). The van der Waals surface area contributed by atoms with Gasteiger partial charge in [-0.15, -0.1) is 0 Å². The van der Waals surface area contributed by atoms with Crippen molar-refractivity contribution in [1.29, 1.82) is 0 Å². The predicted molar refractivity (Wildman–Crippen MR) is 67.5 cm³/mol. The fourth-order valence-electron chi connectivity index (χ4n) is 2.82. The van der Waals surface area contributed by atoms with E-state index in [0.29, 0.717) is 30.8 Å². The third kappa shape index (κ3) is 4.30. The van der Waals surface area contributed by atoms with Crippen LogP contribution < -0.4 is 0 Å². The molecule has 1 N–H and O–H groups in total. The average Bonchev–Trinajstić information content (AvgIpc) is 2.28. The molecule has 3 heteroatoms. The molecule has 0 saturated heterocycles. The Hall–Kier alpha value is -0.570. The van der Waals surface area contributed by atoms with Gasteiger partial charge in [-0.2, -0.15) is 0 Å². The third-order valence-electron chi connectivity index (χ3n) is 3.87.